The summed E-state index contributed by atoms with van der Waals surface area (Å²) in [4.78, 5) is 17.1. The van der Waals surface area contributed by atoms with Gasteiger partial charge < -0.3 is 9.64 Å². The number of pyridine rings is 1. The van der Waals surface area contributed by atoms with Gasteiger partial charge in [-0.1, -0.05) is 11.6 Å². The number of aromatic nitrogens is 1. The Morgan fingerprint density at radius 1 is 1.50 bits per heavy atom. The molecule has 0 spiro atoms. The number of rotatable bonds is 5. The molecule has 1 aliphatic carbocycles. The van der Waals surface area contributed by atoms with Gasteiger partial charge in [-0.05, 0) is 19.3 Å². The van der Waals surface area contributed by atoms with E-state index in [-0.39, 0.29) is 5.69 Å². The highest BCUT2D eigenvalue weighted by molar-refractivity contribution is 6.30. The molecular formula is C13H16ClN3O3. The lowest BCUT2D eigenvalue weighted by Gasteiger charge is -2.25. The Hall–Kier alpha value is -1.40. The number of ether oxygens (including phenoxy) is 1. The van der Waals surface area contributed by atoms with Crippen LogP contribution < -0.4 is 4.90 Å². The number of halogens is 1. The van der Waals surface area contributed by atoms with Gasteiger partial charge in [-0.25, -0.2) is 4.98 Å². The Kier molecular flexibility index (Phi) is 3.76. The topological polar surface area (TPSA) is 68.5 Å². The predicted octanol–water partition coefficient (Wildman–Crippen LogP) is 2.65. The number of nitrogens with zero attached hydrogens (tertiary/aromatic N) is 3. The van der Waals surface area contributed by atoms with Crippen LogP contribution in [0.3, 0.4) is 0 Å². The number of nitro groups is 1. The van der Waals surface area contributed by atoms with Crippen LogP contribution in [0.15, 0.2) is 12.3 Å². The molecule has 6 nitrogen and oxygen atoms in total. The van der Waals surface area contributed by atoms with Crippen LogP contribution >= 0.6 is 11.6 Å². The van der Waals surface area contributed by atoms with E-state index in [0.29, 0.717) is 22.8 Å². The first-order valence-electron chi connectivity index (χ1n) is 6.79. The highest BCUT2D eigenvalue weighted by atomic mass is 35.5. The van der Waals surface area contributed by atoms with Crippen LogP contribution in [0.5, 0.6) is 0 Å². The van der Waals surface area contributed by atoms with Gasteiger partial charge in [-0.15, -0.1) is 0 Å². The van der Waals surface area contributed by atoms with Crippen molar-refractivity contribution in [1.29, 1.82) is 0 Å². The Morgan fingerprint density at radius 2 is 2.30 bits per heavy atom. The van der Waals surface area contributed by atoms with E-state index in [1.165, 1.54) is 12.3 Å². The van der Waals surface area contributed by atoms with Gasteiger partial charge in [0, 0.05) is 37.4 Å². The SMILES string of the molecule is O=[N+]([O-])c1cc(Cl)cnc1N(C[C@H]1CCOC1)C1CC1. The van der Waals surface area contributed by atoms with Gasteiger partial charge in [0.1, 0.15) is 0 Å². The zero-order valence-electron chi connectivity index (χ0n) is 11.0. The summed E-state index contributed by atoms with van der Waals surface area (Å²) < 4.78 is 5.39. The van der Waals surface area contributed by atoms with Crippen molar-refractivity contribution in [3.05, 3.63) is 27.4 Å². The molecule has 1 saturated carbocycles. The van der Waals surface area contributed by atoms with Crippen LogP contribution in [-0.2, 0) is 4.74 Å². The molecule has 1 saturated heterocycles. The van der Waals surface area contributed by atoms with Crippen molar-refractivity contribution in [2.45, 2.75) is 25.3 Å². The molecule has 1 aromatic rings. The van der Waals surface area contributed by atoms with E-state index < -0.39 is 4.92 Å². The molecule has 0 bridgehead atoms. The Balaban J connectivity index is 1.88. The quantitative estimate of drug-likeness (QED) is 0.617. The lowest BCUT2D eigenvalue weighted by molar-refractivity contribution is -0.384. The highest BCUT2D eigenvalue weighted by Gasteiger charge is 2.36. The second-order valence-electron chi connectivity index (χ2n) is 5.37. The lowest BCUT2D eigenvalue weighted by Crippen LogP contribution is -2.33. The number of hydrogen-bond acceptors (Lipinski definition) is 5. The summed E-state index contributed by atoms with van der Waals surface area (Å²) in [6.07, 6.45) is 4.61. The molecule has 0 amide bonds. The number of hydrogen-bond donors (Lipinski definition) is 0. The second kappa shape index (κ2) is 5.54. The van der Waals surface area contributed by atoms with Gasteiger partial charge in [0.2, 0.25) is 5.82 Å². The van der Waals surface area contributed by atoms with E-state index in [4.69, 9.17) is 16.3 Å². The molecule has 1 atom stereocenters. The molecule has 3 rings (SSSR count). The maximum atomic E-state index is 11.2. The van der Waals surface area contributed by atoms with Gasteiger partial charge in [0.25, 0.3) is 0 Å². The molecule has 0 N–H and O–H groups in total. The van der Waals surface area contributed by atoms with E-state index in [1.54, 1.807) is 0 Å². The molecular weight excluding hydrogens is 282 g/mol. The smallest absolute Gasteiger partial charge is 0.313 e. The Labute approximate surface area is 121 Å². The fourth-order valence-corrected chi connectivity index (χ4v) is 2.73. The third kappa shape index (κ3) is 2.86. The maximum Gasteiger partial charge on any atom is 0.313 e. The normalized spacial score (nSPS) is 21.9. The standard InChI is InChI=1S/C13H16ClN3O3/c14-10-5-12(17(18)19)13(15-6-10)16(11-1-2-11)7-9-3-4-20-8-9/h5-6,9,11H,1-4,7-8H2/t9-/m1/s1. The molecule has 1 aliphatic heterocycles. The summed E-state index contributed by atoms with van der Waals surface area (Å²) in [6.45, 7) is 2.27. The molecule has 108 valence electrons. The zero-order chi connectivity index (χ0) is 14.1. The van der Waals surface area contributed by atoms with Gasteiger partial charge in [-0.2, -0.15) is 0 Å². The number of anilines is 1. The Morgan fingerprint density at radius 3 is 2.90 bits per heavy atom. The van der Waals surface area contributed by atoms with Crippen LogP contribution in [0.1, 0.15) is 19.3 Å². The van der Waals surface area contributed by atoms with Crippen LogP contribution in [0.4, 0.5) is 11.5 Å². The molecule has 2 fully saturated rings. The van der Waals surface area contributed by atoms with Gasteiger partial charge in [0.15, 0.2) is 0 Å². The molecule has 7 heteroatoms. The third-order valence-electron chi connectivity index (χ3n) is 3.75. The maximum absolute atomic E-state index is 11.2. The van der Waals surface area contributed by atoms with Crippen LogP contribution in [0.2, 0.25) is 5.02 Å². The molecule has 0 unspecified atom stereocenters. The predicted molar refractivity (Wildman–Crippen MR) is 75.2 cm³/mol. The first kappa shape index (κ1) is 13.6. The minimum absolute atomic E-state index is 0.0108. The van der Waals surface area contributed by atoms with E-state index in [9.17, 15) is 10.1 Å². The first-order valence-corrected chi connectivity index (χ1v) is 7.17. The molecule has 0 aromatic carbocycles. The van der Waals surface area contributed by atoms with Gasteiger partial charge in [-0.3, -0.25) is 10.1 Å². The van der Waals surface area contributed by atoms with E-state index >= 15 is 0 Å². The van der Waals surface area contributed by atoms with Gasteiger partial charge in [0.05, 0.1) is 16.6 Å². The summed E-state index contributed by atoms with van der Waals surface area (Å²) in [5.41, 5.74) is -0.0108. The van der Waals surface area contributed by atoms with Crippen LogP contribution in [-0.4, -0.2) is 35.7 Å². The molecule has 20 heavy (non-hydrogen) atoms. The summed E-state index contributed by atoms with van der Waals surface area (Å²) in [6, 6.07) is 1.74. The van der Waals surface area contributed by atoms with Crippen molar-refractivity contribution < 1.29 is 9.66 Å². The second-order valence-corrected chi connectivity index (χ2v) is 5.80. The van der Waals surface area contributed by atoms with Crippen molar-refractivity contribution >= 4 is 23.1 Å². The fraction of sp³-hybridized carbons (Fsp3) is 0.615. The summed E-state index contributed by atoms with van der Waals surface area (Å²) in [7, 11) is 0. The average Bonchev–Trinajstić information content (AvgIpc) is 3.13. The van der Waals surface area contributed by atoms with Crippen molar-refractivity contribution in [3.63, 3.8) is 0 Å². The van der Waals surface area contributed by atoms with Crippen molar-refractivity contribution in [2.75, 3.05) is 24.7 Å². The summed E-state index contributed by atoms with van der Waals surface area (Å²) >= 11 is 5.83. The monoisotopic (exact) mass is 297 g/mol. The van der Waals surface area contributed by atoms with Crippen LogP contribution in [0, 0.1) is 16.0 Å². The van der Waals surface area contributed by atoms with Crippen molar-refractivity contribution in [2.24, 2.45) is 5.92 Å². The van der Waals surface area contributed by atoms with Gasteiger partial charge >= 0.3 is 5.69 Å². The minimum Gasteiger partial charge on any atom is -0.381 e. The van der Waals surface area contributed by atoms with E-state index in [1.807, 2.05) is 0 Å². The lowest BCUT2D eigenvalue weighted by atomic mass is 10.1. The van der Waals surface area contributed by atoms with E-state index in [0.717, 1.165) is 39.0 Å². The zero-order valence-corrected chi connectivity index (χ0v) is 11.8. The van der Waals surface area contributed by atoms with Crippen molar-refractivity contribution in [3.8, 4) is 0 Å². The Bertz CT molecular complexity index is 516. The highest BCUT2D eigenvalue weighted by Crippen LogP contribution is 2.37. The fourth-order valence-electron chi connectivity index (χ4n) is 2.58. The molecule has 2 heterocycles. The molecule has 2 aliphatic rings. The average molecular weight is 298 g/mol. The first-order chi connectivity index (χ1) is 9.65. The van der Waals surface area contributed by atoms with Crippen LogP contribution in [0.25, 0.3) is 0 Å². The third-order valence-corrected chi connectivity index (χ3v) is 3.96. The largest absolute Gasteiger partial charge is 0.381 e. The minimum atomic E-state index is -0.408. The van der Waals surface area contributed by atoms with E-state index in [2.05, 4.69) is 9.88 Å². The summed E-state index contributed by atoms with van der Waals surface area (Å²) in [5, 5.41) is 11.5. The summed E-state index contributed by atoms with van der Waals surface area (Å²) in [5.74, 6) is 0.862. The molecule has 0 radical (unpaired) electrons. The molecule has 1 aromatic heterocycles. The van der Waals surface area contributed by atoms with Crippen molar-refractivity contribution in [1.82, 2.24) is 4.98 Å².